The molecule has 2 nitrogen and oxygen atoms in total. The molecule has 6 heavy (non-hydrogen) atoms. The number of hydrogen-bond donors (Lipinski definition) is 1. The molecule has 1 N–H and O–H groups in total. The van der Waals surface area contributed by atoms with Gasteiger partial charge in [0.05, 0.1) is 0 Å². The van der Waals surface area contributed by atoms with Crippen molar-refractivity contribution in [2.45, 2.75) is 0 Å². The summed E-state index contributed by atoms with van der Waals surface area (Å²) >= 11 is 0. The summed E-state index contributed by atoms with van der Waals surface area (Å²) in [5.41, 5.74) is 6.80. The Morgan fingerprint density at radius 2 is 2.33 bits per heavy atom. The molecule has 0 aromatic heterocycles. The molecule has 0 saturated carbocycles. The molecule has 0 aromatic rings. The molecule has 0 fully saturated rings. The van der Waals surface area contributed by atoms with Gasteiger partial charge in [-0.25, -0.2) is 0 Å². The number of nitrogens with zero attached hydrogens (tertiary/aromatic N) is 1. The van der Waals surface area contributed by atoms with Crippen molar-refractivity contribution in [2.75, 3.05) is 19.8 Å². The van der Waals surface area contributed by atoms with Crippen molar-refractivity contribution < 1.29 is 4.70 Å². The molecule has 0 rings (SSSR count). The van der Waals surface area contributed by atoms with E-state index >= 15 is 0 Å². The van der Waals surface area contributed by atoms with Crippen LogP contribution in [0.2, 0.25) is 0 Å². The summed E-state index contributed by atoms with van der Waals surface area (Å²) in [5.74, 6) is 0. The second-order valence-corrected chi connectivity index (χ2v) is 1.79. The largest absolute Gasteiger partial charge is 0.171 e. The van der Waals surface area contributed by atoms with E-state index in [9.17, 15) is 0 Å². The number of nitrogens with one attached hydrogen (secondary N) is 1. The van der Waals surface area contributed by atoms with Crippen LogP contribution < -0.4 is 0 Å². The lowest BCUT2D eigenvalue weighted by atomic mass is 10.8. The fourth-order valence-electron chi connectivity index (χ4n) is 0.194. The van der Waals surface area contributed by atoms with Crippen LogP contribution in [0.5, 0.6) is 0 Å². The molecule has 3 heteroatoms. The molecule has 1 atom stereocenters. The van der Waals surface area contributed by atoms with Gasteiger partial charge >= 0.3 is 0 Å². The van der Waals surface area contributed by atoms with Gasteiger partial charge in [0.1, 0.15) is 0 Å². The first kappa shape index (κ1) is 6.03. The molecule has 0 spiro atoms. The van der Waals surface area contributed by atoms with Crippen molar-refractivity contribution in [3.8, 4) is 0 Å². The third-order valence-corrected chi connectivity index (χ3v) is 0.723. The van der Waals surface area contributed by atoms with Gasteiger partial charge in [-0.05, 0) is 0 Å². The van der Waals surface area contributed by atoms with Crippen LogP contribution in [0.1, 0.15) is 0 Å². The Kier molecular flexibility index (Phi) is 3.24. The molecule has 0 heterocycles. The van der Waals surface area contributed by atoms with Crippen molar-refractivity contribution >= 4 is 9.24 Å². The van der Waals surface area contributed by atoms with Crippen molar-refractivity contribution in [2.24, 2.45) is 0 Å². The molecule has 0 aliphatic heterocycles. The lowest BCUT2D eigenvalue weighted by Gasteiger charge is -1.80. The highest BCUT2D eigenvalue weighted by Gasteiger charge is 1.84. The van der Waals surface area contributed by atoms with Crippen LogP contribution in [0, 0.1) is 5.53 Å². The molecule has 0 aromatic carbocycles. The zero-order valence-corrected chi connectivity index (χ0v) is 5.09. The maximum absolute atomic E-state index is 6.80. The highest BCUT2D eigenvalue weighted by Crippen LogP contribution is 1.76. The number of hydrogen-bond acceptors (Lipinski definition) is 1. The van der Waals surface area contributed by atoms with Crippen LogP contribution in [-0.2, 0) is 0 Å². The predicted molar refractivity (Wildman–Crippen MR) is 28.3 cm³/mol. The highest BCUT2D eigenvalue weighted by molar-refractivity contribution is 7.16. The molecule has 0 radical (unpaired) electrons. The summed E-state index contributed by atoms with van der Waals surface area (Å²) in [5, 5.41) is 0. The third-order valence-electron chi connectivity index (χ3n) is 0.465. The summed E-state index contributed by atoms with van der Waals surface area (Å²) in [7, 11) is 4.30. The van der Waals surface area contributed by atoms with Gasteiger partial charge in [0.2, 0.25) is 0 Å². The van der Waals surface area contributed by atoms with Crippen LogP contribution in [0.25, 0.3) is 0 Å². The van der Waals surface area contributed by atoms with E-state index in [0.29, 0.717) is 0 Å². The smallest absolute Gasteiger partial charge is 0.132 e. The Bertz CT molecular complexity index is 52.8. The minimum Gasteiger partial charge on any atom is -0.132 e. The van der Waals surface area contributed by atoms with Gasteiger partial charge in [-0.1, -0.05) is 5.53 Å². The zero-order chi connectivity index (χ0) is 4.99. The molecule has 0 saturated heterocycles. The summed E-state index contributed by atoms with van der Waals surface area (Å²) < 4.78 is 1.41. The van der Waals surface area contributed by atoms with Crippen LogP contribution in [0.4, 0.5) is 0 Å². The van der Waals surface area contributed by atoms with Gasteiger partial charge in [-0.3, -0.25) is 0 Å². The Morgan fingerprint density at radius 3 is 2.33 bits per heavy atom. The topological polar surface area (TPSA) is 26.9 Å². The van der Waals surface area contributed by atoms with E-state index in [1.807, 2.05) is 0 Å². The van der Waals surface area contributed by atoms with Crippen LogP contribution in [-0.4, -0.2) is 24.5 Å². The zero-order valence-electron chi connectivity index (χ0n) is 3.94. The molecule has 1 unspecified atom stereocenters. The minimum atomic E-state index is 0.838. The molecule has 0 aliphatic carbocycles. The summed E-state index contributed by atoms with van der Waals surface area (Å²) in [6, 6.07) is 0. The van der Waals surface area contributed by atoms with E-state index in [1.165, 1.54) is 4.70 Å². The predicted octanol–water partition coefficient (Wildman–Crippen LogP) is 0.535. The SMILES string of the molecule is C[N+](=N)CCP. The molecular formula is C3H10N2P+. The first-order valence-electron chi connectivity index (χ1n) is 1.90. The van der Waals surface area contributed by atoms with Gasteiger partial charge in [0.25, 0.3) is 0 Å². The quantitative estimate of drug-likeness (QED) is 0.301. The Hall–Kier alpha value is 0.0300. The van der Waals surface area contributed by atoms with Gasteiger partial charge in [-0.2, -0.15) is 0 Å². The fourth-order valence-corrected chi connectivity index (χ4v) is 0.581. The van der Waals surface area contributed by atoms with E-state index in [2.05, 4.69) is 9.24 Å². The molecule has 0 amide bonds. The average Bonchev–Trinajstić information content (AvgIpc) is 1.35. The van der Waals surface area contributed by atoms with Crippen molar-refractivity contribution in [3.05, 3.63) is 0 Å². The maximum Gasteiger partial charge on any atom is 0.171 e. The fraction of sp³-hybridized carbons (Fsp3) is 1.00. The Labute approximate surface area is 40.2 Å². The van der Waals surface area contributed by atoms with Crippen LogP contribution >= 0.6 is 9.24 Å². The first-order valence-corrected chi connectivity index (χ1v) is 2.71. The minimum absolute atomic E-state index is 0.838. The monoisotopic (exact) mass is 105 g/mol. The molecule has 0 aliphatic rings. The van der Waals surface area contributed by atoms with E-state index < -0.39 is 0 Å². The standard InChI is InChI=1S/C3H10N2P/c1-5(4)2-3-6/h4H,2-3,6H2,1H3/q+1. The van der Waals surface area contributed by atoms with Crippen LogP contribution in [0.15, 0.2) is 0 Å². The van der Waals surface area contributed by atoms with Gasteiger partial charge in [0, 0.05) is 6.16 Å². The third kappa shape index (κ3) is 4.03. The molecule has 36 valence electrons. The van der Waals surface area contributed by atoms with Crippen LogP contribution in [0.3, 0.4) is 0 Å². The number of rotatable bonds is 2. The Balaban J connectivity index is 2.83. The highest BCUT2D eigenvalue weighted by atomic mass is 31.0. The van der Waals surface area contributed by atoms with Gasteiger partial charge in [0.15, 0.2) is 13.6 Å². The normalized spacial score (nSPS) is 8.33. The van der Waals surface area contributed by atoms with E-state index in [-0.39, 0.29) is 0 Å². The van der Waals surface area contributed by atoms with Gasteiger partial charge < -0.3 is 0 Å². The van der Waals surface area contributed by atoms with Crippen molar-refractivity contribution in [1.29, 1.82) is 5.53 Å². The lowest BCUT2D eigenvalue weighted by Crippen LogP contribution is -2.01. The average molecular weight is 105 g/mol. The molecule has 0 bridgehead atoms. The van der Waals surface area contributed by atoms with Crippen molar-refractivity contribution in [1.82, 2.24) is 0 Å². The summed E-state index contributed by atoms with van der Waals surface area (Å²) in [6.45, 7) is 0.838. The van der Waals surface area contributed by atoms with E-state index in [4.69, 9.17) is 5.53 Å². The summed E-state index contributed by atoms with van der Waals surface area (Å²) in [6.07, 6.45) is 0.986. The van der Waals surface area contributed by atoms with Crippen molar-refractivity contribution in [3.63, 3.8) is 0 Å². The van der Waals surface area contributed by atoms with E-state index in [0.717, 1.165) is 12.7 Å². The molecular weight excluding hydrogens is 95.0 g/mol. The maximum atomic E-state index is 6.80. The van der Waals surface area contributed by atoms with E-state index in [1.54, 1.807) is 7.05 Å². The first-order chi connectivity index (χ1) is 2.77. The summed E-state index contributed by atoms with van der Waals surface area (Å²) in [4.78, 5) is 0. The van der Waals surface area contributed by atoms with Gasteiger partial charge in [-0.15, -0.1) is 13.9 Å². The lowest BCUT2D eigenvalue weighted by molar-refractivity contribution is -0.583. The second-order valence-electron chi connectivity index (χ2n) is 1.21. The second kappa shape index (κ2) is 3.23. The Morgan fingerprint density at radius 1 is 1.83 bits per heavy atom.